The van der Waals surface area contributed by atoms with Crippen LogP contribution in [-0.4, -0.2) is 16.1 Å². The molecular weight excluding hydrogens is 263 g/mol. The van der Waals surface area contributed by atoms with Crippen LogP contribution < -0.4 is 4.74 Å². The van der Waals surface area contributed by atoms with E-state index in [0.717, 1.165) is 12.1 Å². The Labute approximate surface area is 113 Å². The van der Waals surface area contributed by atoms with Gasteiger partial charge in [0, 0.05) is 17.8 Å². The Morgan fingerprint density at radius 2 is 2.25 bits per heavy atom. The van der Waals surface area contributed by atoms with Gasteiger partial charge in [0.05, 0.1) is 5.56 Å². The Hall–Kier alpha value is -2.94. The second-order valence-corrected chi connectivity index (χ2v) is 3.86. The lowest BCUT2D eigenvalue weighted by molar-refractivity contribution is 0.0692. The second-order valence-electron chi connectivity index (χ2n) is 3.86. The number of rotatable bonds is 4. The summed E-state index contributed by atoms with van der Waals surface area (Å²) in [6.45, 7) is 0.0442. The monoisotopic (exact) mass is 272 g/mol. The first-order valence-electron chi connectivity index (χ1n) is 5.61. The zero-order chi connectivity index (χ0) is 14.5. The van der Waals surface area contributed by atoms with E-state index >= 15 is 0 Å². The summed E-state index contributed by atoms with van der Waals surface area (Å²) in [6.07, 6.45) is 1.49. The number of nitriles is 1. The number of nitrogens with zero attached hydrogens (tertiary/aromatic N) is 2. The molecule has 0 aliphatic carbocycles. The van der Waals surface area contributed by atoms with E-state index in [1.54, 1.807) is 12.1 Å². The molecule has 20 heavy (non-hydrogen) atoms. The van der Waals surface area contributed by atoms with Crippen molar-refractivity contribution in [3.8, 4) is 11.8 Å². The number of benzene rings is 1. The van der Waals surface area contributed by atoms with Gasteiger partial charge in [0.1, 0.15) is 29.9 Å². The number of halogens is 1. The molecule has 0 spiro atoms. The van der Waals surface area contributed by atoms with Crippen molar-refractivity contribution < 1.29 is 19.0 Å². The summed E-state index contributed by atoms with van der Waals surface area (Å²) in [4.78, 5) is 14.5. The maximum Gasteiger partial charge on any atom is 0.338 e. The van der Waals surface area contributed by atoms with Crippen LogP contribution in [0, 0.1) is 17.1 Å². The van der Waals surface area contributed by atoms with Gasteiger partial charge < -0.3 is 9.84 Å². The smallest absolute Gasteiger partial charge is 0.338 e. The quantitative estimate of drug-likeness (QED) is 0.923. The van der Waals surface area contributed by atoms with Crippen molar-refractivity contribution in [3.63, 3.8) is 0 Å². The van der Waals surface area contributed by atoms with Crippen molar-refractivity contribution in [1.82, 2.24) is 4.98 Å². The Bertz CT molecular complexity index is 695. The van der Waals surface area contributed by atoms with Gasteiger partial charge in [0.25, 0.3) is 0 Å². The minimum Gasteiger partial charge on any atom is -0.489 e. The number of hydrogen-bond acceptors (Lipinski definition) is 4. The van der Waals surface area contributed by atoms with Crippen molar-refractivity contribution in [1.29, 1.82) is 5.26 Å². The van der Waals surface area contributed by atoms with E-state index in [1.807, 2.05) is 6.07 Å². The normalized spacial score (nSPS) is 9.80. The van der Waals surface area contributed by atoms with Crippen LogP contribution in [-0.2, 0) is 6.61 Å². The molecule has 1 heterocycles. The molecule has 0 atom stereocenters. The van der Waals surface area contributed by atoms with E-state index in [1.165, 1.54) is 12.3 Å². The molecule has 0 saturated heterocycles. The highest BCUT2D eigenvalue weighted by molar-refractivity contribution is 5.88. The van der Waals surface area contributed by atoms with E-state index in [2.05, 4.69) is 4.98 Å². The summed E-state index contributed by atoms with van der Waals surface area (Å²) < 4.78 is 18.8. The summed E-state index contributed by atoms with van der Waals surface area (Å²) in [6, 6.07) is 8.73. The Balaban J connectivity index is 2.14. The van der Waals surface area contributed by atoms with Crippen molar-refractivity contribution >= 4 is 5.97 Å². The van der Waals surface area contributed by atoms with Crippen LogP contribution in [0.5, 0.6) is 5.75 Å². The predicted octanol–water partition coefficient (Wildman–Crippen LogP) is 2.37. The summed E-state index contributed by atoms with van der Waals surface area (Å²) >= 11 is 0. The molecule has 1 N–H and O–H groups in total. The maximum atomic E-state index is 13.4. The third-order valence-electron chi connectivity index (χ3n) is 2.56. The lowest BCUT2D eigenvalue weighted by Gasteiger charge is -2.07. The van der Waals surface area contributed by atoms with Gasteiger partial charge in [0.15, 0.2) is 0 Å². The zero-order valence-corrected chi connectivity index (χ0v) is 10.2. The van der Waals surface area contributed by atoms with Crippen molar-refractivity contribution in [3.05, 3.63) is 59.2 Å². The van der Waals surface area contributed by atoms with Crippen LogP contribution in [0.4, 0.5) is 4.39 Å². The third-order valence-corrected chi connectivity index (χ3v) is 2.56. The lowest BCUT2D eigenvalue weighted by atomic mass is 10.2. The van der Waals surface area contributed by atoms with E-state index < -0.39 is 17.3 Å². The summed E-state index contributed by atoms with van der Waals surface area (Å²) in [7, 11) is 0. The molecule has 0 saturated carbocycles. The van der Waals surface area contributed by atoms with Gasteiger partial charge in [-0.25, -0.2) is 14.2 Å². The molecule has 0 aliphatic heterocycles. The van der Waals surface area contributed by atoms with Crippen LogP contribution in [0.3, 0.4) is 0 Å². The van der Waals surface area contributed by atoms with Crippen molar-refractivity contribution in [2.24, 2.45) is 0 Å². The van der Waals surface area contributed by atoms with Gasteiger partial charge in [0.2, 0.25) is 0 Å². The van der Waals surface area contributed by atoms with Crippen LogP contribution in [0.1, 0.15) is 21.6 Å². The zero-order valence-electron chi connectivity index (χ0n) is 10.2. The molecule has 100 valence electrons. The molecule has 6 heteroatoms. The fourth-order valence-electron chi connectivity index (χ4n) is 1.58. The highest BCUT2D eigenvalue weighted by Crippen LogP contribution is 2.18. The minimum absolute atomic E-state index is 0.0442. The lowest BCUT2D eigenvalue weighted by Crippen LogP contribution is -2.03. The van der Waals surface area contributed by atoms with Crippen molar-refractivity contribution in [2.75, 3.05) is 0 Å². The van der Waals surface area contributed by atoms with Crippen LogP contribution in [0.2, 0.25) is 0 Å². The van der Waals surface area contributed by atoms with E-state index in [-0.39, 0.29) is 18.1 Å². The predicted molar refractivity (Wildman–Crippen MR) is 66.6 cm³/mol. The maximum absolute atomic E-state index is 13.4. The number of ether oxygens (including phenoxy) is 1. The average molecular weight is 272 g/mol. The molecule has 5 nitrogen and oxygen atoms in total. The fraction of sp³-hybridized carbons (Fsp3) is 0.0714. The van der Waals surface area contributed by atoms with Crippen molar-refractivity contribution in [2.45, 2.75) is 6.61 Å². The largest absolute Gasteiger partial charge is 0.489 e. The molecule has 0 bridgehead atoms. The Morgan fingerprint density at radius 1 is 1.45 bits per heavy atom. The summed E-state index contributed by atoms with van der Waals surface area (Å²) in [5.74, 6) is -2.03. The summed E-state index contributed by atoms with van der Waals surface area (Å²) in [5, 5.41) is 17.6. The standard InChI is InChI=1S/C14H9FN2O3/c15-12-6-10(3-4-11(12)14(18)19)20-8-9-2-1-5-17-13(9)7-16/h1-6H,8H2,(H,18,19). The number of pyridine rings is 1. The van der Waals surface area contributed by atoms with Gasteiger partial charge in [-0.3, -0.25) is 0 Å². The number of carboxylic acids is 1. The molecule has 2 aromatic rings. The molecule has 1 aromatic heterocycles. The first-order chi connectivity index (χ1) is 9.61. The molecule has 0 radical (unpaired) electrons. The van der Waals surface area contributed by atoms with E-state index in [0.29, 0.717) is 5.56 Å². The fourth-order valence-corrected chi connectivity index (χ4v) is 1.58. The number of carboxylic acid groups (broad SMARTS) is 1. The number of hydrogen-bond donors (Lipinski definition) is 1. The molecule has 0 unspecified atom stereocenters. The van der Waals surface area contributed by atoms with Gasteiger partial charge in [-0.05, 0) is 18.2 Å². The first kappa shape index (κ1) is 13.5. The molecule has 0 aliphatic rings. The average Bonchev–Trinajstić information content (AvgIpc) is 2.45. The third kappa shape index (κ3) is 2.90. The van der Waals surface area contributed by atoms with Gasteiger partial charge in [-0.15, -0.1) is 0 Å². The highest BCUT2D eigenvalue weighted by atomic mass is 19.1. The van der Waals surface area contributed by atoms with Gasteiger partial charge in [-0.2, -0.15) is 5.26 Å². The summed E-state index contributed by atoms with van der Waals surface area (Å²) in [5.41, 5.74) is 0.379. The second kappa shape index (κ2) is 5.80. The SMILES string of the molecule is N#Cc1ncccc1COc1ccc(C(=O)O)c(F)c1. The van der Waals surface area contributed by atoms with E-state index in [4.69, 9.17) is 15.1 Å². The molecular formula is C14H9FN2O3. The number of aromatic carboxylic acids is 1. The number of aromatic nitrogens is 1. The molecule has 0 amide bonds. The van der Waals surface area contributed by atoms with Gasteiger partial charge >= 0.3 is 5.97 Å². The molecule has 1 aromatic carbocycles. The molecule has 2 rings (SSSR count). The van der Waals surface area contributed by atoms with E-state index in [9.17, 15) is 9.18 Å². The van der Waals surface area contributed by atoms with Gasteiger partial charge in [-0.1, -0.05) is 6.07 Å². The topological polar surface area (TPSA) is 83.2 Å². The first-order valence-corrected chi connectivity index (χ1v) is 5.61. The van der Waals surface area contributed by atoms with Crippen LogP contribution >= 0.6 is 0 Å². The Kier molecular flexibility index (Phi) is 3.91. The van der Waals surface area contributed by atoms with Crippen LogP contribution in [0.15, 0.2) is 36.5 Å². The van der Waals surface area contributed by atoms with Crippen LogP contribution in [0.25, 0.3) is 0 Å². The Morgan fingerprint density at radius 3 is 2.90 bits per heavy atom. The molecule has 0 fully saturated rings. The number of carbonyl (C=O) groups is 1. The minimum atomic E-state index is -1.34. The highest BCUT2D eigenvalue weighted by Gasteiger charge is 2.11.